The van der Waals surface area contributed by atoms with Gasteiger partial charge in [-0.15, -0.1) is 0 Å². The Kier molecular flexibility index (Phi) is 8.31. The van der Waals surface area contributed by atoms with Crippen molar-refractivity contribution >= 4 is 82.7 Å². The molecule has 0 N–H and O–H groups in total. The van der Waals surface area contributed by atoms with Gasteiger partial charge in [0.05, 0.1) is 27.8 Å². The van der Waals surface area contributed by atoms with Gasteiger partial charge in [0, 0.05) is 49.9 Å². The van der Waals surface area contributed by atoms with Gasteiger partial charge in [-0.1, -0.05) is 158 Å². The van der Waals surface area contributed by atoms with Gasteiger partial charge in [-0.05, 0) is 107 Å². The smallest absolute Gasteiger partial charge is 0.0561 e. The highest BCUT2D eigenvalue weighted by molar-refractivity contribution is 6.21. The van der Waals surface area contributed by atoms with Crippen molar-refractivity contribution in [1.82, 2.24) is 9.13 Å². The van der Waals surface area contributed by atoms with E-state index in [0.717, 1.165) is 35.6 Å². The lowest BCUT2D eigenvalue weighted by atomic mass is 9.95. The molecule has 11 aromatic rings. The van der Waals surface area contributed by atoms with Crippen LogP contribution >= 0.6 is 0 Å². The Hall–Kier alpha value is -7.88. The van der Waals surface area contributed by atoms with Crippen LogP contribution in [-0.4, -0.2) is 9.13 Å². The van der Waals surface area contributed by atoms with Gasteiger partial charge in [0.1, 0.15) is 0 Å². The normalized spacial score (nSPS) is 13.0. The minimum absolute atomic E-state index is 0.959. The molecule has 0 amide bonds. The zero-order valence-electron chi connectivity index (χ0n) is 33.6. The molecule has 3 nitrogen and oxygen atoms in total. The monoisotopic (exact) mass is 779 g/mol. The van der Waals surface area contributed by atoms with Crippen molar-refractivity contribution in [2.24, 2.45) is 0 Å². The zero-order valence-corrected chi connectivity index (χ0v) is 33.6. The zero-order chi connectivity index (χ0) is 40.3. The molecule has 0 aliphatic heterocycles. The van der Waals surface area contributed by atoms with E-state index in [1.807, 2.05) is 0 Å². The molecule has 1 aliphatic carbocycles. The SMILES string of the molecule is C1=C(c2ccc(N(c3ccc4c5ccccc5n(-c5ccccc5)c4c3)c3ccccc3-c3ccccc3)cc2)CCC(n2c3ccccc3c3c4ccccc4ccc32)=C1. The van der Waals surface area contributed by atoms with Gasteiger partial charge in [-0.25, -0.2) is 0 Å². The number of anilines is 3. The highest BCUT2D eigenvalue weighted by atomic mass is 15.1. The maximum Gasteiger partial charge on any atom is 0.0561 e. The molecule has 0 radical (unpaired) electrons. The second-order valence-corrected chi connectivity index (χ2v) is 16.0. The third-order valence-corrected chi connectivity index (χ3v) is 12.6. The summed E-state index contributed by atoms with van der Waals surface area (Å²) in [4.78, 5) is 2.43. The van der Waals surface area contributed by atoms with Crippen molar-refractivity contribution in [2.75, 3.05) is 4.90 Å². The number of allylic oxidation sites excluding steroid dienone is 4. The number of nitrogens with zero attached hydrogens (tertiary/aromatic N) is 3. The molecular formula is C58H41N3. The van der Waals surface area contributed by atoms with Crippen LogP contribution in [0.5, 0.6) is 0 Å². The Labute approximate surface area is 355 Å². The summed E-state index contributed by atoms with van der Waals surface area (Å²) in [6.45, 7) is 0. The molecule has 0 saturated carbocycles. The Bertz CT molecular complexity index is 3510. The van der Waals surface area contributed by atoms with E-state index in [1.165, 1.54) is 82.3 Å². The molecule has 3 heteroatoms. The van der Waals surface area contributed by atoms with Crippen molar-refractivity contribution in [2.45, 2.75) is 12.8 Å². The first kappa shape index (κ1) is 35.1. The molecule has 1 aliphatic rings. The summed E-state index contributed by atoms with van der Waals surface area (Å²) < 4.78 is 4.89. The van der Waals surface area contributed by atoms with Gasteiger partial charge in [0.2, 0.25) is 0 Å². The quantitative estimate of drug-likeness (QED) is 0.157. The van der Waals surface area contributed by atoms with Gasteiger partial charge < -0.3 is 14.0 Å². The van der Waals surface area contributed by atoms with E-state index >= 15 is 0 Å². The topological polar surface area (TPSA) is 13.1 Å². The summed E-state index contributed by atoms with van der Waals surface area (Å²) in [5.41, 5.74) is 15.7. The van der Waals surface area contributed by atoms with E-state index in [2.05, 4.69) is 239 Å². The molecule has 9 aromatic carbocycles. The molecular weight excluding hydrogens is 739 g/mol. The molecule has 61 heavy (non-hydrogen) atoms. The van der Waals surface area contributed by atoms with Crippen LogP contribution in [0, 0.1) is 0 Å². The second kappa shape index (κ2) is 14.4. The fourth-order valence-electron chi connectivity index (χ4n) is 9.84. The highest BCUT2D eigenvalue weighted by Crippen LogP contribution is 2.44. The standard InChI is InChI=1S/C58H41N3/c1-3-15-42(16-4-1)48-20-9-12-24-53(48)59(47-36-37-51-50-22-10-13-25-54(50)61(57(51)39-47)44-18-5-2-6-19-44)45-32-27-40(28-33-45)41-29-34-46(35-30-41)60-55-26-14-11-23-52(55)58-49-21-8-7-17-43(49)31-38-56(58)60/h1-29,31-34,36-39H,30,35H2. The fourth-order valence-corrected chi connectivity index (χ4v) is 9.84. The minimum Gasteiger partial charge on any atom is -0.313 e. The first-order valence-corrected chi connectivity index (χ1v) is 21.2. The fraction of sp³-hybridized carbons (Fsp3) is 0.0345. The maximum absolute atomic E-state index is 2.49. The third kappa shape index (κ3) is 5.81. The average molecular weight is 780 g/mol. The third-order valence-electron chi connectivity index (χ3n) is 12.6. The molecule has 0 saturated heterocycles. The van der Waals surface area contributed by atoms with E-state index in [1.54, 1.807) is 0 Å². The molecule has 0 spiro atoms. The predicted molar refractivity (Wildman–Crippen MR) is 259 cm³/mol. The number of benzene rings is 9. The van der Waals surface area contributed by atoms with Crippen LogP contribution in [0.4, 0.5) is 17.1 Å². The Morgan fingerprint density at radius 2 is 1.02 bits per heavy atom. The van der Waals surface area contributed by atoms with E-state index < -0.39 is 0 Å². The van der Waals surface area contributed by atoms with Crippen molar-refractivity contribution in [1.29, 1.82) is 0 Å². The van der Waals surface area contributed by atoms with Crippen molar-refractivity contribution < 1.29 is 0 Å². The van der Waals surface area contributed by atoms with Gasteiger partial charge in [-0.2, -0.15) is 0 Å². The average Bonchev–Trinajstić information content (AvgIpc) is 3.86. The number of hydrogen-bond acceptors (Lipinski definition) is 1. The summed E-state index contributed by atoms with van der Waals surface area (Å²) in [6, 6.07) is 77.3. The summed E-state index contributed by atoms with van der Waals surface area (Å²) in [7, 11) is 0. The van der Waals surface area contributed by atoms with Gasteiger partial charge >= 0.3 is 0 Å². The summed E-state index contributed by atoms with van der Waals surface area (Å²) in [5, 5.41) is 7.71. The second-order valence-electron chi connectivity index (χ2n) is 16.0. The van der Waals surface area contributed by atoms with Crippen LogP contribution in [0.15, 0.2) is 224 Å². The lowest BCUT2D eigenvalue weighted by molar-refractivity contribution is 0.992. The van der Waals surface area contributed by atoms with Gasteiger partial charge in [0.15, 0.2) is 0 Å². The molecule has 288 valence electrons. The lowest BCUT2D eigenvalue weighted by Gasteiger charge is -2.28. The van der Waals surface area contributed by atoms with E-state index in [-0.39, 0.29) is 0 Å². The summed E-state index contributed by atoms with van der Waals surface area (Å²) >= 11 is 0. The van der Waals surface area contributed by atoms with Gasteiger partial charge in [0.25, 0.3) is 0 Å². The number of para-hydroxylation sites is 4. The minimum atomic E-state index is 0.959. The highest BCUT2D eigenvalue weighted by Gasteiger charge is 2.22. The van der Waals surface area contributed by atoms with Crippen LogP contribution in [0.25, 0.3) is 82.5 Å². The van der Waals surface area contributed by atoms with Gasteiger partial charge in [-0.3, -0.25) is 0 Å². The molecule has 0 bridgehead atoms. The lowest BCUT2D eigenvalue weighted by Crippen LogP contribution is -2.11. The Balaban J connectivity index is 0.971. The summed E-state index contributed by atoms with van der Waals surface area (Å²) in [5.74, 6) is 0. The first-order valence-electron chi connectivity index (χ1n) is 21.2. The number of rotatable bonds is 7. The van der Waals surface area contributed by atoms with Crippen molar-refractivity contribution in [3.8, 4) is 16.8 Å². The van der Waals surface area contributed by atoms with E-state index in [0.29, 0.717) is 0 Å². The van der Waals surface area contributed by atoms with Crippen LogP contribution in [-0.2, 0) is 0 Å². The molecule has 0 fully saturated rings. The molecule has 0 atom stereocenters. The number of fused-ring (bicyclic) bond motifs is 8. The molecule has 12 rings (SSSR count). The van der Waals surface area contributed by atoms with E-state index in [9.17, 15) is 0 Å². The molecule has 2 heterocycles. The van der Waals surface area contributed by atoms with Crippen molar-refractivity contribution in [3.63, 3.8) is 0 Å². The molecule has 2 aromatic heterocycles. The first-order chi connectivity index (χ1) is 30.3. The van der Waals surface area contributed by atoms with Crippen LogP contribution in [0.1, 0.15) is 18.4 Å². The van der Waals surface area contributed by atoms with Crippen LogP contribution < -0.4 is 4.90 Å². The van der Waals surface area contributed by atoms with Crippen LogP contribution in [0.3, 0.4) is 0 Å². The molecule has 0 unspecified atom stereocenters. The van der Waals surface area contributed by atoms with Crippen LogP contribution in [0.2, 0.25) is 0 Å². The number of aromatic nitrogens is 2. The number of hydrogen-bond donors (Lipinski definition) is 0. The Morgan fingerprint density at radius 3 is 1.80 bits per heavy atom. The summed E-state index contributed by atoms with van der Waals surface area (Å²) in [6.07, 6.45) is 6.61. The van der Waals surface area contributed by atoms with Crippen molar-refractivity contribution in [3.05, 3.63) is 230 Å². The predicted octanol–water partition coefficient (Wildman–Crippen LogP) is 15.9. The maximum atomic E-state index is 2.49. The van der Waals surface area contributed by atoms with E-state index in [4.69, 9.17) is 0 Å². The largest absolute Gasteiger partial charge is 0.313 e. The Morgan fingerprint density at radius 1 is 0.377 bits per heavy atom.